The maximum atomic E-state index is 14.8. The van der Waals surface area contributed by atoms with Crippen LogP contribution in [-0.4, -0.2) is 31.8 Å². The van der Waals surface area contributed by atoms with Crippen LogP contribution in [0.3, 0.4) is 0 Å². The van der Waals surface area contributed by atoms with Crippen molar-refractivity contribution in [2.45, 2.75) is 0 Å². The van der Waals surface area contributed by atoms with Gasteiger partial charge in [-0.05, 0) is 47.5 Å². The summed E-state index contributed by atoms with van der Waals surface area (Å²) in [6, 6.07) is 13.7. The number of halogens is 2. The van der Waals surface area contributed by atoms with Gasteiger partial charge in [0.15, 0.2) is 0 Å². The largest absolute Gasteiger partial charge is 0.497 e. The van der Waals surface area contributed by atoms with E-state index in [-0.39, 0.29) is 11.3 Å². The summed E-state index contributed by atoms with van der Waals surface area (Å²) in [4.78, 5) is 7.47. The Labute approximate surface area is 171 Å². The first kappa shape index (κ1) is 19.8. The topological polar surface area (TPSA) is 84.1 Å². The third-order valence-corrected chi connectivity index (χ3v) is 5.10. The van der Waals surface area contributed by atoms with E-state index in [9.17, 15) is 17.2 Å². The number of anilines is 1. The summed E-state index contributed by atoms with van der Waals surface area (Å²) in [5.74, 6) is -0.267. The number of imidazole rings is 1. The van der Waals surface area contributed by atoms with E-state index in [1.54, 1.807) is 37.4 Å². The standard InChI is InChI=1S/C21H17F2N3O3S/c1-29-14-5-8-19-20(11-14)25-21(24-19)15-6-3-12(9-16(15)22)13-4-7-18(17(23)10-13)26-30(2,27)28/h3-11,26H,1-2H3,(H,24,25). The number of nitrogens with zero attached hydrogens (tertiary/aromatic N) is 1. The van der Waals surface area contributed by atoms with Gasteiger partial charge in [0.1, 0.15) is 23.2 Å². The number of hydrogen-bond donors (Lipinski definition) is 2. The molecule has 2 N–H and O–H groups in total. The maximum Gasteiger partial charge on any atom is 0.229 e. The van der Waals surface area contributed by atoms with Crippen LogP contribution in [0.2, 0.25) is 0 Å². The zero-order valence-corrected chi connectivity index (χ0v) is 16.8. The predicted octanol–water partition coefficient (Wildman–Crippen LogP) is 4.56. The van der Waals surface area contributed by atoms with Crippen molar-refractivity contribution in [2.75, 3.05) is 18.1 Å². The van der Waals surface area contributed by atoms with Gasteiger partial charge in [0.25, 0.3) is 0 Å². The zero-order chi connectivity index (χ0) is 21.5. The summed E-state index contributed by atoms with van der Waals surface area (Å²) >= 11 is 0. The lowest BCUT2D eigenvalue weighted by Crippen LogP contribution is -2.10. The lowest BCUT2D eigenvalue weighted by atomic mass is 10.0. The van der Waals surface area contributed by atoms with Crippen molar-refractivity contribution in [3.63, 3.8) is 0 Å². The van der Waals surface area contributed by atoms with Gasteiger partial charge in [0, 0.05) is 6.07 Å². The normalized spacial score (nSPS) is 11.6. The van der Waals surface area contributed by atoms with Crippen molar-refractivity contribution in [1.82, 2.24) is 9.97 Å². The number of sulfonamides is 1. The van der Waals surface area contributed by atoms with Crippen molar-refractivity contribution in [2.24, 2.45) is 0 Å². The molecule has 0 radical (unpaired) electrons. The smallest absolute Gasteiger partial charge is 0.229 e. The van der Waals surface area contributed by atoms with Crippen LogP contribution in [0.25, 0.3) is 33.5 Å². The molecule has 0 aliphatic heterocycles. The number of hydrogen-bond acceptors (Lipinski definition) is 4. The van der Waals surface area contributed by atoms with E-state index in [1.807, 2.05) is 0 Å². The lowest BCUT2D eigenvalue weighted by Gasteiger charge is -2.09. The Hall–Kier alpha value is -3.46. The molecule has 0 atom stereocenters. The maximum absolute atomic E-state index is 14.8. The Morgan fingerprint density at radius 2 is 1.67 bits per heavy atom. The van der Waals surface area contributed by atoms with Crippen LogP contribution in [0, 0.1) is 11.6 Å². The van der Waals surface area contributed by atoms with E-state index in [0.29, 0.717) is 33.7 Å². The minimum absolute atomic E-state index is 0.170. The van der Waals surface area contributed by atoms with Gasteiger partial charge < -0.3 is 9.72 Å². The summed E-state index contributed by atoms with van der Waals surface area (Å²) in [7, 11) is -2.05. The molecule has 0 amide bonds. The number of fused-ring (bicyclic) bond motifs is 1. The van der Waals surface area contributed by atoms with Crippen molar-refractivity contribution in [3.05, 3.63) is 66.2 Å². The zero-order valence-electron chi connectivity index (χ0n) is 16.0. The van der Waals surface area contributed by atoms with Crippen LogP contribution in [0.5, 0.6) is 5.75 Å². The molecule has 0 aliphatic carbocycles. The second-order valence-electron chi connectivity index (χ2n) is 6.73. The number of rotatable bonds is 5. The molecular weight excluding hydrogens is 412 g/mol. The van der Waals surface area contributed by atoms with Crippen molar-refractivity contribution >= 4 is 26.7 Å². The third-order valence-electron chi connectivity index (χ3n) is 4.51. The number of ether oxygens (including phenoxy) is 1. The minimum Gasteiger partial charge on any atom is -0.497 e. The van der Waals surface area contributed by atoms with E-state index in [2.05, 4.69) is 14.7 Å². The Morgan fingerprint density at radius 3 is 2.30 bits per heavy atom. The fourth-order valence-corrected chi connectivity index (χ4v) is 3.67. The van der Waals surface area contributed by atoms with E-state index in [1.165, 1.54) is 18.2 Å². The fourth-order valence-electron chi connectivity index (χ4n) is 3.11. The quantitative estimate of drug-likeness (QED) is 0.487. The molecule has 4 aromatic rings. The molecule has 3 aromatic carbocycles. The Balaban J connectivity index is 1.67. The molecule has 0 aliphatic rings. The predicted molar refractivity (Wildman–Crippen MR) is 112 cm³/mol. The fraction of sp³-hybridized carbons (Fsp3) is 0.0952. The number of nitrogens with one attached hydrogen (secondary N) is 2. The van der Waals surface area contributed by atoms with Crippen LogP contribution in [0.15, 0.2) is 54.6 Å². The summed E-state index contributed by atoms with van der Waals surface area (Å²) in [5.41, 5.74) is 2.33. The highest BCUT2D eigenvalue weighted by atomic mass is 32.2. The highest BCUT2D eigenvalue weighted by Crippen LogP contribution is 2.30. The average molecular weight is 429 g/mol. The van der Waals surface area contributed by atoms with E-state index in [0.717, 1.165) is 12.3 Å². The third kappa shape index (κ3) is 3.97. The van der Waals surface area contributed by atoms with E-state index < -0.39 is 21.7 Å². The van der Waals surface area contributed by atoms with Gasteiger partial charge >= 0.3 is 0 Å². The van der Waals surface area contributed by atoms with Crippen LogP contribution in [0.4, 0.5) is 14.5 Å². The molecule has 0 fully saturated rings. The van der Waals surface area contributed by atoms with Crippen molar-refractivity contribution in [3.8, 4) is 28.3 Å². The summed E-state index contributed by atoms with van der Waals surface area (Å²) in [6.45, 7) is 0. The van der Waals surface area contributed by atoms with E-state index >= 15 is 0 Å². The van der Waals surface area contributed by atoms with E-state index in [4.69, 9.17) is 4.74 Å². The number of aromatic amines is 1. The second-order valence-corrected chi connectivity index (χ2v) is 8.48. The molecule has 0 saturated carbocycles. The van der Waals surface area contributed by atoms with Gasteiger partial charge in [-0.2, -0.15) is 0 Å². The molecule has 6 nitrogen and oxygen atoms in total. The average Bonchev–Trinajstić information content (AvgIpc) is 3.11. The Morgan fingerprint density at radius 1 is 0.967 bits per heavy atom. The molecule has 0 unspecified atom stereocenters. The molecule has 0 saturated heterocycles. The van der Waals surface area contributed by atoms with Gasteiger partial charge in [-0.1, -0.05) is 12.1 Å². The molecule has 0 bridgehead atoms. The number of aromatic nitrogens is 2. The highest BCUT2D eigenvalue weighted by molar-refractivity contribution is 7.92. The molecule has 30 heavy (non-hydrogen) atoms. The second kappa shape index (κ2) is 7.42. The monoisotopic (exact) mass is 429 g/mol. The molecule has 9 heteroatoms. The molecular formula is C21H17F2N3O3S. The van der Waals surface area contributed by atoms with Crippen LogP contribution in [0.1, 0.15) is 0 Å². The van der Waals surface area contributed by atoms with Crippen LogP contribution >= 0.6 is 0 Å². The van der Waals surface area contributed by atoms with Gasteiger partial charge in [-0.25, -0.2) is 22.2 Å². The Kier molecular flexibility index (Phi) is 4.90. The number of benzene rings is 3. The number of H-pyrrole nitrogens is 1. The first-order valence-electron chi connectivity index (χ1n) is 8.85. The SMILES string of the molecule is COc1ccc2nc(-c3ccc(-c4ccc(NS(C)(=O)=O)c(F)c4)cc3F)[nH]c2c1. The van der Waals surface area contributed by atoms with Gasteiger partial charge in [0.05, 0.1) is 35.6 Å². The molecule has 0 spiro atoms. The summed E-state index contributed by atoms with van der Waals surface area (Å²) in [6.07, 6.45) is 0.933. The molecule has 1 heterocycles. The van der Waals surface area contributed by atoms with Gasteiger partial charge in [-0.3, -0.25) is 4.72 Å². The van der Waals surface area contributed by atoms with Crippen molar-refractivity contribution < 1.29 is 21.9 Å². The summed E-state index contributed by atoms with van der Waals surface area (Å²) < 4.78 is 58.9. The molecule has 154 valence electrons. The minimum atomic E-state index is -3.60. The van der Waals surface area contributed by atoms with Gasteiger partial charge in [0.2, 0.25) is 10.0 Å². The summed E-state index contributed by atoms with van der Waals surface area (Å²) in [5, 5.41) is 0. The van der Waals surface area contributed by atoms with Gasteiger partial charge in [-0.15, -0.1) is 0 Å². The molecule has 1 aromatic heterocycles. The first-order valence-corrected chi connectivity index (χ1v) is 10.7. The van der Waals surface area contributed by atoms with Crippen LogP contribution in [-0.2, 0) is 10.0 Å². The number of methoxy groups -OCH3 is 1. The Bertz CT molecular complexity index is 1370. The lowest BCUT2D eigenvalue weighted by molar-refractivity contribution is 0.415. The first-order chi connectivity index (χ1) is 14.2. The van der Waals surface area contributed by atoms with Crippen molar-refractivity contribution in [1.29, 1.82) is 0 Å². The molecule has 4 rings (SSSR count). The highest BCUT2D eigenvalue weighted by Gasteiger charge is 2.14. The van der Waals surface area contributed by atoms with Crippen LogP contribution < -0.4 is 9.46 Å².